The van der Waals surface area contributed by atoms with Crippen molar-refractivity contribution in [1.29, 1.82) is 0 Å². The summed E-state index contributed by atoms with van der Waals surface area (Å²) in [7, 11) is 0. The fraction of sp³-hybridized carbons (Fsp3) is 0.150. The number of amides is 1. The molecule has 0 saturated heterocycles. The first-order valence-electron chi connectivity index (χ1n) is 8.17. The zero-order valence-electron chi connectivity index (χ0n) is 14.8. The number of anilines is 3. The molecule has 0 aliphatic heterocycles. The van der Waals surface area contributed by atoms with Crippen molar-refractivity contribution in [3.63, 3.8) is 0 Å². The van der Waals surface area contributed by atoms with Gasteiger partial charge in [-0.15, -0.1) is 0 Å². The van der Waals surface area contributed by atoms with Crippen molar-refractivity contribution in [2.24, 2.45) is 0 Å². The Kier molecular flexibility index (Phi) is 5.19. The maximum Gasteiger partial charge on any atom is 0.274 e. The van der Waals surface area contributed by atoms with Crippen LogP contribution in [0.15, 0.2) is 48.7 Å². The molecule has 0 radical (unpaired) electrons. The van der Waals surface area contributed by atoms with Gasteiger partial charge in [-0.25, -0.2) is 9.97 Å². The molecule has 1 aromatic heterocycles. The van der Waals surface area contributed by atoms with E-state index in [9.17, 15) is 4.79 Å². The molecule has 0 atom stereocenters. The van der Waals surface area contributed by atoms with Crippen molar-refractivity contribution in [2.75, 3.05) is 10.6 Å². The maximum absolute atomic E-state index is 12.5. The normalized spacial score (nSPS) is 10.5. The van der Waals surface area contributed by atoms with Gasteiger partial charge in [-0.05, 0) is 61.7 Å². The molecule has 5 nitrogen and oxygen atoms in total. The van der Waals surface area contributed by atoms with Crippen LogP contribution in [0.25, 0.3) is 0 Å². The third-order valence-electron chi connectivity index (χ3n) is 3.83. The standard InChI is InChI=1S/C20H19ClN4O/c1-12-5-4-6-15(10-12)23-19(26)17-7-8-22-20(24-17)25-18-14(3)9-13(2)11-16(18)21/h4-11H,1-3H3,(H,23,26)(H,22,24,25). The highest BCUT2D eigenvalue weighted by Crippen LogP contribution is 2.29. The second-order valence-electron chi connectivity index (χ2n) is 6.15. The van der Waals surface area contributed by atoms with Crippen molar-refractivity contribution >= 4 is 34.8 Å². The summed E-state index contributed by atoms with van der Waals surface area (Å²) in [6.07, 6.45) is 1.54. The highest BCUT2D eigenvalue weighted by Gasteiger charge is 2.12. The van der Waals surface area contributed by atoms with Crippen molar-refractivity contribution < 1.29 is 4.79 Å². The van der Waals surface area contributed by atoms with E-state index in [2.05, 4.69) is 20.6 Å². The first-order valence-corrected chi connectivity index (χ1v) is 8.55. The number of nitrogens with zero attached hydrogens (tertiary/aromatic N) is 2. The molecule has 0 saturated carbocycles. The van der Waals surface area contributed by atoms with Crippen LogP contribution in [-0.4, -0.2) is 15.9 Å². The maximum atomic E-state index is 12.5. The lowest BCUT2D eigenvalue weighted by Gasteiger charge is -2.12. The summed E-state index contributed by atoms with van der Waals surface area (Å²) < 4.78 is 0. The van der Waals surface area contributed by atoms with Crippen LogP contribution in [0.1, 0.15) is 27.2 Å². The summed E-state index contributed by atoms with van der Waals surface area (Å²) in [6.45, 7) is 5.90. The lowest BCUT2D eigenvalue weighted by atomic mass is 10.1. The largest absolute Gasteiger partial charge is 0.323 e. The van der Waals surface area contributed by atoms with Crippen molar-refractivity contribution in [2.45, 2.75) is 20.8 Å². The number of carbonyl (C=O) groups is 1. The fourth-order valence-corrected chi connectivity index (χ4v) is 3.02. The second kappa shape index (κ2) is 7.54. The molecule has 0 bridgehead atoms. The predicted molar refractivity (Wildman–Crippen MR) is 105 cm³/mol. The third kappa shape index (κ3) is 4.18. The number of rotatable bonds is 4. The van der Waals surface area contributed by atoms with Crippen LogP contribution in [-0.2, 0) is 0 Å². The molecule has 0 aliphatic carbocycles. The minimum Gasteiger partial charge on any atom is -0.323 e. The molecule has 1 amide bonds. The monoisotopic (exact) mass is 366 g/mol. The fourth-order valence-electron chi connectivity index (χ4n) is 2.65. The summed E-state index contributed by atoms with van der Waals surface area (Å²) in [5.74, 6) is 0.0171. The van der Waals surface area contributed by atoms with E-state index in [0.717, 1.165) is 28.1 Å². The van der Waals surface area contributed by atoms with E-state index in [1.165, 1.54) is 6.20 Å². The summed E-state index contributed by atoms with van der Waals surface area (Å²) in [5, 5.41) is 6.52. The Balaban J connectivity index is 1.81. The Morgan fingerprint density at radius 2 is 1.85 bits per heavy atom. The first kappa shape index (κ1) is 17.9. The number of nitrogens with one attached hydrogen (secondary N) is 2. The smallest absolute Gasteiger partial charge is 0.274 e. The van der Waals surface area contributed by atoms with Crippen molar-refractivity contribution in [3.05, 3.63) is 76.1 Å². The van der Waals surface area contributed by atoms with Crippen LogP contribution in [0, 0.1) is 20.8 Å². The topological polar surface area (TPSA) is 66.9 Å². The Morgan fingerprint density at radius 1 is 1.04 bits per heavy atom. The second-order valence-corrected chi connectivity index (χ2v) is 6.56. The summed E-state index contributed by atoms with van der Waals surface area (Å²) in [6, 6.07) is 13.0. The minimum atomic E-state index is -0.298. The van der Waals surface area contributed by atoms with Crippen LogP contribution in [0.3, 0.4) is 0 Å². The molecular formula is C20H19ClN4O. The lowest BCUT2D eigenvalue weighted by molar-refractivity contribution is 0.102. The van der Waals surface area contributed by atoms with E-state index in [1.54, 1.807) is 6.07 Å². The van der Waals surface area contributed by atoms with Crippen LogP contribution in [0.5, 0.6) is 0 Å². The molecule has 26 heavy (non-hydrogen) atoms. The Morgan fingerprint density at radius 3 is 2.58 bits per heavy atom. The highest BCUT2D eigenvalue weighted by molar-refractivity contribution is 6.33. The summed E-state index contributed by atoms with van der Waals surface area (Å²) in [4.78, 5) is 20.9. The number of carbonyl (C=O) groups excluding carboxylic acids is 1. The number of hydrogen-bond donors (Lipinski definition) is 2. The Bertz CT molecular complexity index is 949. The van der Waals surface area contributed by atoms with E-state index in [1.807, 2.05) is 57.2 Å². The third-order valence-corrected chi connectivity index (χ3v) is 4.13. The average molecular weight is 367 g/mol. The zero-order valence-corrected chi connectivity index (χ0v) is 15.6. The molecule has 2 aromatic carbocycles. The van der Waals surface area contributed by atoms with E-state index < -0.39 is 0 Å². The number of benzene rings is 2. The molecule has 1 heterocycles. The van der Waals surface area contributed by atoms with Gasteiger partial charge in [-0.2, -0.15) is 0 Å². The molecule has 3 aromatic rings. The molecule has 0 spiro atoms. The van der Waals surface area contributed by atoms with Gasteiger partial charge >= 0.3 is 0 Å². The number of hydrogen-bond acceptors (Lipinski definition) is 4. The predicted octanol–water partition coefficient (Wildman–Crippen LogP) is 5.05. The number of aromatic nitrogens is 2. The SMILES string of the molecule is Cc1cccc(NC(=O)c2ccnc(Nc3c(C)cc(C)cc3Cl)n2)c1. The lowest BCUT2D eigenvalue weighted by Crippen LogP contribution is -2.15. The first-order chi connectivity index (χ1) is 12.4. The zero-order chi connectivity index (χ0) is 18.7. The van der Waals surface area contributed by atoms with E-state index in [4.69, 9.17) is 11.6 Å². The van der Waals surface area contributed by atoms with Gasteiger partial charge in [-0.3, -0.25) is 4.79 Å². The van der Waals surface area contributed by atoms with Gasteiger partial charge in [-0.1, -0.05) is 29.8 Å². The van der Waals surface area contributed by atoms with Crippen molar-refractivity contribution in [1.82, 2.24) is 9.97 Å². The van der Waals surface area contributed by atoms with Gasteiger partial charge in [0.15, 0.2) is 0 Å². The summed E-state index contributed by atoms with van der Waals surface area (Å²) in [5.41, 5.74) is 4.84. The highest BCUT2D eigenvalue weighted by atomic mass is 35.5. The van der Waals surface area contributed by atoms with Gasteiger partial charge in [0.25, 0.3) is 5.91 Å². The molecule has 0 fully saturated rings. The van der Waals surface area contributed by atoms with Gasteiger partial charge in [0.2, 0.25) is 5.95 Å². The Hall–Kier alpha value is -2.92. The molecule has 132 valence electrons. The van der Waals surface area contributed by atoms with Crippen LogP contribution in [0.4, 0.5) is 17.3 Å². The van der Waals surface area contributed by atoms with Gasteiger partial charge < -0.3 is 10.6 Å². The van der Waals surface area contributed by atoms with Crippen LogP contribution < -0.4 is 10.6 Å². The summed E-state index contributed by atoms with van der Waals surface area (Å²) >= 11 is 6.31. The molecular weight excluding hydrogens is 348 g/mol. The van der Waals surface area contributed by atoms with Crippen LogP contribution >= 0.6 is 11.6 Å². The van der Waals surface area contributed by atoms with Gasteiger partial charge in [0.1, 0.15) is 5.69 Å². The van der Waals surface area contributed by atoms with Crippen molar-refractivity contribution in [3.8, 4) is 0 Å². The molecule has 0 unspecified atom stereocenters. The Labute approximate surface area is 157 Å². The molecule has 6 heteroatoms. The number of aryl methyl sites for hydroxylation is 3. The van der Waals surface area contributed by atoms with E-state index >= 15 is 0 Å². The van der Waals surface area contributed by atoms with E-state index in [-0.39, 0.29) is 11.6 Å². The van der Waals surface area contributed by atoms with Gasteiger partial charge in [0.05, 0.1) is 10.7 Å². The van der Waals surface area contributed by atoms with Crippen LogP contribution in [0.2, 0.25) is 5.02 Å². The minimum absolute atomic E-state index is 0.268. The average Bonchev–Trinajstić information content (AvgIpc) is 2.58. The molecule has 0 aliphatic rings. The van der Waals surface area contributed by atoms with Gasteiger partial charge in [0, 0.05) is 11.9 Å². The number of halogens is 1. The quantitative estimate of drug-likeness (QED) is 0.678. The molecule has 2 N–H and O–H groups in total. The molecule has 3 rings (SSSR count). The van der Waals surface area contributed by atoms with E-state index in [0.29, 0.717) is 11.0 Å².